The fraction of sp³-hybridized carbons (Fsp3) is 0.227. The lowest BCUT2D eigenvalue weighted by Crippen LogP contribution is -2.37. The van der Waals surface area contributed by atoms with Crippen LogP contribution in [0.1, 0.15) is 34.2 Å². The van der Waals surface area contributed by atoms with Crippen molar-refractivity contribution in [3.8, 4) is 11.1 Å². The quantitative estimate of drug-likeness (QED) is 0.503. The molecule has 0 aliphatic heterocycles. The van der Waals surface area contributed by atoms with Gasteiger partial charge in [0.1, 0.15) is 0 Å². The summed E-state index contributed by atoms with van der Waals surface area (Å²) in [6.45, 7) is 2.37. The van der Waals surface area contributed by atoms with E-state index in [-0.39, 0.29) is 10.7 Å². The number of alkyl halides is 4. The summed E-state index contributed by atoms with van der Waals surface area (Å²) in [6, 6.07) is 9.45. The van der Waals surface area contributed by atoms with Gasteiger partial charge in [0.25, 0.3) is 5.91 Å². The van der Waals surface area contributed by atoms with Gasteiger partial charge in [-0.25, -0.2) is 4.39 Å². The molecule has 0 saturated carbocycles. The van der Waals surface area contributed by atoms with Gasteiger partial charge in [0.05, 0.1) is 28.4 Å². The lowest BCUT2D eigenvalue weighted by Gasteiger charge is -2.22. The lowest BCUT2D eigenvalue weighted by atomic mass is 10.0. The topological polar surface area (TPSA) is 54.9 Å². The van der Waals surface area contributed by atoms with E-state index in [0.29, 0.717) is 5.56 Å². The van der Waals surface area contributed by atoms with Crippen LogP contribution in [0.5, 0.6) is 0 Å². The Kier molecular flexibility index (Phi) is 6.31. The summed E-state index contributed by atoms with van der Waals surface area (Å²) in [5.74, 6) is -1.05. The number of nitrogens with one attached hydrogen (secondary N) is 1. The van der Waals surface area contributed by atoms with Crippen LogP contribution in [0, 0.1) is 6.92 Å². The van der Waals surface area contributed by atoms with Crippen LogP contribution in [0.15, 0.2) is 54.9 Å². The molecule has 2 aromatic heterocycles. The predicted octanol–water partition coefficient (Wildman–Crippen LogP) is 5.74. The first-order valence-corrected chi connectivity index (χ1v) is 9.59. The van der Waals surface area contributed by atoms with Gasteiger partial charge in [-0.1, -0.05) is 29.8 Å². The van der Waals surface area contributed by atoms with E-state index in [2.05, 4.69) is 15.3 Å². The highest BCUT2D eigenvalue weighted by Crippen LogP contribution is 2.34. The van der Waals surface area contributed by atoms with Gasteiger partial charge in [0, 0.05) is 29.2 Å². The van der Waals surface area contributed by atoms with Gasteiger partial charge >= 0.3 is 6.18 Å². The molecular weight excluding hydrogens is 434 g/mol. The Morgan fingerprint density at radius 3 is 2.32 bits per heavy atom. The summed E-state index contributed by atoms with van der Waals surface area (Å²) in [5.41, 5.74) is -1.85. The largest absolute Gasteiger partial charge is 0.417 e. The van der Waals surface area contributed by atoms with Crippen molar-refractivity contribution < 1.29 is 22.4 Å². The Bertz CT molecular complexity index is 1100. The second-order valence-corrected chi connectivity index (χ2v) is 7.57. The zero-order valence-electron chi connectivity index (χ0n) is 16.6. The van der Waals surface area contributed by atoms with Crippen LogP contribution in [0.25, 0.3) is 11.1 Å². The van der Waals surface area contributed by atoms with E-state index in [4.69, 9.17) is 11.6 Å². The summed E-state index contributed by atoms with van der Waals surface area (Å²) >= 11 is 6.23. The number of aryl methyl sites for hydroxylation is 1. The third-order valence-corrected chi connectivity index (χ3v) is 4.93. The molecule has 0 spiro atoms. The molecule has 1 atom stereocenters. The first-order valence-electron chi connectivity index (χ1n) is 9.21. The number of halogens is 5. The number of carbonyl (C=O) groups is 1. The van der Waals surface area contributed by atoms with Crippen LogP contribution in [0.2, 0.25) is 5.02 Å². The van der Waals surface area contributed by atoms with E-state index >= 15 is 4.39 Å². The molecule has 0 aliphatic rings. The van der Waals surface area contributed by atoms with Gasteiger partial charge in [-0.3, -0.25) is 14.8 Å². The van der Waals surface area contributed by atoms with Gasteiger partial charge in [-0.2, -0.15) is 13.2 Å². The van der Waals surface area contributed by atoms with Crippen molar-refractivity contribution in [3.05, 3.63) is 82.4 Å². The second kappa shape index (κ2) is 8.63. The minimum absolute atomic E-state index is 0.0213. The van der Waals surface area contributed by atoms with Gasteiger partial charge in [-0.15, -0.1) is 0 Å². The van der Waals surface area contributed by atoms with Crippen LogP contribution >= 0.6 is 11.6 Å². The maximum atomic E-state index is 15.3. The molecule has 162 valence electrons. The predicted molar refractivity (Wildman–Crippen MR) is 109 cm³/mol. The Morgan fingerprint density at radius 2 is 1.71 bits per heavy atom. The summed E-state index contributed by atoms with van der Waals surface area (Å²) in [7, 11) is 0. The molecule has 1 aromatic carbocycles. The molecule has 31 heavy (non-hydrogen) atoms. The molecule has 1 N–H and O–H groups in total. The number of benzene rings is 1. The van der Waals surface area contributed by atoms with Gasteiger partial charge in [-0.05, 0) is 38.1 Å². The van der Waals surface area contributed by atoms with Crippen LogP contribution in [-0.4, -0.2) is 22.4 Å². The number of aromatic nitrogens is 2. The monoisotopic (exact) mass is 451 g/mol. The van der Waals surface area contributed by atoms with Crippen molar-refractivity contribution in [2.24, 2.45) is 0 Å². The maximum absolute atomic E-state index is 15.3. The molecule has 0 aliphatic carbocycles. The number of nitrogens with zero attached hydrogens (tertiary/aromatic N) is 2. The maximum Gasteiger partial charge on any atom is 0.417 e. The van der Waals surface area contributed by atoms with E-state index in [1.807, 2.05) is 19.1 Å². The molecule has 2 heterocycles. The summed E-state index contributed by atoms with van der Waals surface area (Å²) < 4.78 is 54.6. The smallest absolute Gasteiger partial charge is 0.348 e. The Labute approximate surface area is 181 Å². The van der Waals surface area contributed by atoms with E-state index in [1.165, 1.54) is 24.4 Å². The van der Waals surface area contributed by atoms with Crippen LogP contribution in [0.3, 0.4) is 0 Å². The number of amides is 1. The highest BCUT2D eigenvalue weighted by Gasteiger charge is 2.36. The van der Waals surface area contributed by atoms with E-state index in [0.717, 1.165) is 30.3 Å². The number of hydrogen-bond donors (Lipinski definition) is 1. The minimum atomic E-state index is -4.71. The average molecular weight is 452 g/mol. The third kappa shape index (κ3) is 5.19. The SMILES string of the molecule is Cc1ccc(-c2cnc(C(C)(F)CNC(=O)c3ccccc3C(F)(F)F)c(Cl)c2)cn1. The first-order chi connectivity index (χ1) is 14.5. The first kappa shape index (κ1) is 22.7. The Morgan fingerprint density at radius 1 is 1.03 bits per heavy atom. The molecule has 1 unspecified atom stereocenters. The van der Waals surface area contributed by atoms with Gasteiger partial charge < -0.3 is 5.32 Å². The summed E-state index contributed by atoms with van der Waals surface area (Å²) in [6.07, 6.45) is -1.65. The van der Waals surface area contributed by atoms with Crippen molar-refractivity contribution in [2.75, 3.05) is 6.54 Å². The number of carbonyl (C=O) groups excluding carboxylic acids is 1. The molecule has 0 bridgehead atoms. The van der Waals surface area contributed by atoms with Crippen LogP contribution < -0.4 is 5.32 Å². The van der Waals surface area contributed by atoms with Crippen LogP contribution in [0.4, 0.5) is 17.6 Å². The number of pyridine rings is 2. The Hall–Kier alpha value is -3.00. The number of rotatable bonds is 5. The molecule has 4 nitrogen and oxygen atoms in total. The molecule has 3 rings (SSSR count). The van der Waals surface area contributed by atoms with Crippen molar-refractivity contribution >= 4 is 17.5 Å². The third-order valence-electron chi connectivity index (χ3n) is 4.64. The molecule has 1 amide bonds. The molecule has 0 saturated heterocycles. The van der Waals surface area contributed by atoms with Crippen molar-refractivity contribution in [2.45, 2.75) is 25.7 Å². The van der Waals surface area contributed by atoms with Crippen LogP contribution in [-0.2, 0) is 11.8 Å². The average Bonchev–Trinajstić information content (AvgIpc) is 2.71. The minimum Gasteiger partial charge on any atom is -0.348 e. The molecule has 0 fully saturated rings. The number of hydrogen-bond acceptors (Lipinski definition) is 3. The molecule has 0 radical (unpaired) electrons. The fourth-order valence-corrected chi connectivity index (χ4v) is 3.33. The highest BCUT2D eigenvalue weighted by molar-refractivity contribution is 6.31. The van der Waals surface area contributed by atoms with Gasteiger partial charge in [0.2, 0.25) is 0 Å². The van der Waals surface area contributed by atoms with Crippen molar-refractivity contribution in [1.29, 1.82) is 0 Å². The normalized spacial score (nSPS) is 13.5. The second-order valence-electron chi connectivity index (χ2n) is 7.17. The molecule has 9 heteroatoms. The lowest BCUT2D eigenvalue weighted by molar-refractivity contribution is -0.137. The Balaban J connectivity index is 1.78. The van der Waals surface area contributed by atoms with E-state index < -0.39 is 35.4 Å². The summed E-state index contributed by atoms with van der Waals surface area (Å²) in [5, 5.41) is 2.23. The molecular formula is C22H18ClF4N3O. The summed E-state index contributed by atoms with van der Waals surface area (Å²) in [4.78, 5) is 20.6. The van der Waals surface area contributed by atoms with Crippen molar-refractivity contribution in [3.63, 3.8) is 0 Å². The van der Waals surface area contributed by atoms with E-state index in [9.17, 15) is 18.0 Å². The highest BCUT2D eigenvalue weighted by atomic mass is 35.5. The zero-order valence-corrected chi connectivity index (χ0v) is 17.4. The van der Waals surface area contributed by atoms with Crippen molar-refractivity contribution in [1.82, 2.24) is 15.3 Å². The van der Waals surface area contributed by atoms with Gasteiger partial charge in [0.15, 0.2) is 5.67 Å². The fourth-order valence-electron chi connectivity index (χ4n) is 2.97. The van der Waals surface area contributed by atoms with E-state index in [1.54, 1.807) is 6.20 Å². The molecule has 3 aromatic rings. The zero-order chi connectivity index (χ0) is 22.8. The standard InChI is InChI=1S/C22H18ClF4N3O/c1-13-7-8-14(10-28-13)15-9-18(23)19(29-11-15)21(2,24)12-30-20(31)16-5-3-4-6-17(16)22(25,26)27/h3-11H,12H2,1-2H3,(H,30,31).